The lowest BCUT2D eigenvalue weighted by atomic mass is 10.1. The van der Waals surface area contributed by atoms with Crippen LogP contribution in [0.3, 0.4) is 0 Å². The van der Waals surface area contributed by atoms with Crippen molar-refractivity contribution in [3.63, 3.8) is 0 Å². The molecule has 13 nitrogen and oxygen atoms in total. The summed E-state index contributed by atoms with van der Waals surface area (Å²) in [6.45, 7) is 5.38. The number of anilines is 3. The third kappa shape index (κ3) is 5.32. The number of nitrogens with one attached hydrogen (secondary N) is 1. The quantitative estimate of drug-likeness (QED) is 0.278. The highest BCUT2D eigenvalue weighted by molar-refractivity contribution is 5.91. The molecule has 1 aromatic carbocycles. The van der Waals surface area contributed by atoms with E-state index in [1.807, 2.05) is 54.4 Å². The molecule has 5 aromatic rings. The lowest BCUT2D eigenvalue weighted by Gasteiger charge is -2.39. The maximum atomic E-state index is 13.2. The molecule has 1 amide bonds. The molecule has 3 aliphatic heterocycles. The zero-order chi connectivity index (χ0) is 31.2. The Bertz CT molecular complexity index is 1980. The van der Waals surface area contributed by atoms with Crippen LogP contribution in [0.4, 0.5) is 17.3 Å². The first-order valence-corrected chi connectivity index (χ1v) is 15.6. The molecule has 0 aliphatic carbocycles. The van der Waals surface area contributed by atoms with E-state index in [1.165, 1.54) is 19.1 Å². The van der Waals surface area contributed by atoms with Crippen molar-refractivity contribution in [3.05, 3.63) is 73.0 Å². The van der Waals surface area contributed by atoms with E-state index in [0.717, 1.165) is 35.8 Å². The van der Waals surface area contributed by atoms with E-state index in [9.17, 15) is 4.79 Å². The largest absolute Gasteiger partial charge is 0.487 e. The Morgan fingerprint density at radius 2 is 2.02 bits per heavy atom. The molecule has 2 bridgehead atoms. The maximum Gasteiger partial charge on any atom is 0.246 e. The van der Waals surface area contributed by atoms with Gasteiger partial charge in [-0.25, -0.2) is 24.5 Å². The van der Waals surface area contributed by atoms with Crippen LogP contribution in [0.15, 0.2) is 67.4 Å². The summed E-state index contributed by atoms with van der Waals surface area (Å²) in [6.07, 6.45) is 10.9. The fourth-order valence-corrected chi connectivity index (χ4v) is 6.48. The second kappa shape index (κ2) is 11.6. The van der Waals surface area contributed by atoms with Crippen LogP contribution in [-0.4, -0.2) is 97.2 Å². The Kier molecular flexibility index (Phi) is 7.09. The number of rotatable bonds is 6. The first-order chi connectivity index (χ1) is 22.5. The number of likely N-dealkylation sites (tertiary alicyclic amines) is 1. The van der Waals surface area contributed by atoms with Gasteiger partial charge in [0.15, 0.2) is 23.0 Å². The molecule has 8 rings (SSSR count). The highest BCUT2D eigenvalue weighted by Crippen LogP contribution is 2.36. The molecule has 1 N–H and O–H groups in total. The topological polar surface area (TPSA) is 126 Å². The van der Waals surface area contributed by atoms with Crippen molar-refractivity contribution in [2.24, 2.45) is 0 Å². The molecule has 7 heterocycles. The van der Waals surface area contributed by atoms with E-state index >= 15 is 0 Å². The number of carbonyl (C=O) groups excluding carboxylic acids is 1. The summed E-state index contributed by atoms with van der Waals surface area (Å²) < 4.78 is 14.1. The number of hydrogen-bond donors (Lipinski definition) is 1. The first kappa shape index (κ1) is 28.2. The molecule has 2 saturated heterocycles. The summed E-state index contributed by atoms with van der Waals surface area (Å²) in [5.74, 6) is 3.45. The van der Waals surface area contributed by atoms with Crippen LogP contribution in [0.5, 0.6) is 17.2 Å². The number of fused-ring (bicyclic) bond motifs is 6. The molecule has 2 atom stereocenters. The van der Waals surface area contributed by atoms with Gasteiger partial charge in [-0.15, -0.1) is 0 Å². The Morgan fingerprint density at radius 1 is 1.09 bits per heavy atom. The Hall–Kier alpha value is -5.30. The average Bonchev–Trinajstić information content (AvgIpc) is 3.68. The molecule has 2 unspecified atom stereocenters. The van der Waals surface area contributed by atoms with Crippen molar-refractivity contribution in [1.82, 2.24) is 39.3 Å². The van der Waals surface area contributed by atoms with E-state index in [1.54, 1.807) is 10.6 Å². The van der Waals surface area contributed by atoms with Gasteiger partial charge in [0.1, 0.15) is 36.3 Å². The van der Waals surface area contributed by atoms with Crippen molar-refractivity contribution in [1.29, 1.82) is 0 Å². The van der Waals surface area contributed by atoms with Gasteiger partial charge in [0.05, 0.1) is 11.6 Å². The number of nitrogens with zero attached hydrogens (tertiary/aromatic N) is 9. The van der Waals surface area contributed by atoms with Crippen LogP contribution in [-0.2, 0) is 4.79 Å². The Balaban J connectivity index is 1.00. The molecule has 234 valence electrons. The van der Waals surface area contributed by atoms with Gasteiger partial charge in [0.25, 0.3) is 0 Å². The minimum Gasteiger partial charge on any atom is -0.487 e. The number of hydrogen-bond acceptors (Lipinski definition) is 11. The van der Waals surface area contributed by atoms with Crippen LogP contribution in [0.2, 0.25) is 0 Å². The van der Waals surface area contributed by atoms with Gasteiger partial charge in [-0.05, 0) is 63.2 Å². The van der Waals surface area contributed by atoms with Crippen molar-refractivity contribution >= 4 is 39.9 Å². The van der Waals surface area contributed by atoms with Gasteiger partial charge in [0.2, 0.25) is 5.91 Å². The smallest absolute Gasteiger partial charge is 0.246 e. The van der Waals surface area contributed by atoms with Crippen molar-refractivity contribution < 1.29 is 14.3 Å². The SMILES string of the molecule is Cc1cc(Nc2ncnc3cc4c(nc23)N2CCN(C(=O)/C=C/C3CCCN3C)C(CO4)C2)ccc1Oc1ccn2ncnc2c1. The lowest BCUT2D eigenvalue weighted by molar-refractivity contribution is -0.129. The fourth-order valence-electron chi connectivity index (χ4n) is 6.48. The van der Waals surface area contributed by atoms with Gasteiger partial charge in [-0.1, -0.05) is 6.08 Å². The van der Waals surface area contributed by atoms with Crippen LogP contribution in [0, 0.1) is 6.92 Å². The van der Waals surface area contributed by atoms with E-state index in [2.05, 4.69) is 48.3 Å². The normalized spacial score (nSPS) is 19.8. The van der Waals surface area contributed by atoms with E-state index in [4.69, 9.17) is 14.5 Å². The highest BCUT2D eigenvalue weighted by Gasteiger charge is 2.35. The maximum absolute atomic E-state index is 13.2. The third-order valence-corrected chi connectivity index (χ3v) is 9.01. The van der Waals surface area contributed by atoms with Gasteiger partial charge < -0.3 is 24.6 Å². The summed E-state index contributed by atoms with van der Waals surface area (Å²) in [5.41, 5.74) is 3.82. The number of pyridine rings is 2. The second-order valence-electron chi connectivity index (χ2n) is 12.0. The summed E-state index contributed by atoms with van der Waals surface area (Å²) in [4.78, 5) is 37.9. The number of ether oxygens (including phenoxy) is 2. The molecular formula is C33H34N10O3. The van der Waals surface area contributed by atoms with Gasteiger partial charge in [0, 0.05) is 55.8 Å². The highest BCUT2D eigenvalue weighted by atomic mass is 16.5. The van der Waals surface area contributed by atoms with E-state index < -0.39 is 0 Å². The van der Waals surface area contributed by atoms with Crippen molar-refractivity contribution in [2.75, 3.05) is 50.1 Å². The number of amides is 1. The zero-order valence-corrected chi connectivity index (χ0v) is 25.7. The van der Waals surface area contributed by atoms with Crippen LogP contribution >= 0.6 is 0 Å². The minimum absolute atomic E-state index is 0.0399. The van der Waals surface area contributed by atoms with Crippen LogP contribution in [0.25, 0.3) is 16.7 Å². The molecule has 0 radical (unpaired) electrons. The zero-order valence-electron chi connectivity index (χ0n) is 25.7. The first-order valence-electron chi connectivity index (χ1n) is 15.6. The molecule has 2 fully saturated rings. The van der Waals surface area contributed by atoms with Gasteiger partial charge in [-0.2, -0.15) is 5.10 Å². The summed E-state index contributed by atoms with van der Waals surface area (Å²) in [7, 11) is 2.11. The molecule has 3 aliphatic rings. The molecule has 4 aromatic heterocycles. The molecule has 0 spiro atoms. The molecule has 0 saturated carbocycles. The standard InChI is InChI=1S/C33H34N10O3/c1-21-14-22(5-7-27(21)46-25-9-11-43-29(15-25)35-20-37-43)38-32-31-26(34-19-36-32)16-28-33(39-31)41-12-13-42(24(17-41)18-45-28)30(44)8-6-23-4-3-10-40(23)2/h5-9,11,14-16,19-20,23-24H,3-4,10,12-13,17-18H2,1-2H3,(H,34,36,38)/b8-6+. The summed E-state index contributed by atoms with van der Waals surface area (Å²) in [6, 6.07) is 11.7. The predicted octanol–water partition coefficient (Wildman–Crippen LogP) is 3.97. The van der Waals surface area contributed by atoms with Gasteiger partial charge >= 0.3 is 0 Å². The van der Waals surface area contributed by atoms with E-state index in [-0.39, 0.29) is 11.9 Å². The predicted molar refractivity (Wildman–Crippen MR) is 173 cm³/mol. The summed E-state index contributed by atoms with van der Waals surface area (Å²) in [5, 5.41) is 7.55. The monoisotopic (exact) mass is 618 g/mol. The second-order valence-corrected chi connectivity index (χ2v) is 12.0. The number of aryl methyl sites for hydroxylation is 1. The number of piperazine rings is 1. The minimum atomic E-state index is -0.0739. The number of likely N-dealkylation sites (N-methyl/N-ethyl adjacent to an activating group) is 1. The average molecular weight is 619 g/mol. The number of aromatic nitrogens is 6. The Labute approximate surface area is 265 Å². The fraction of sp³-hybridized carbons (Fsp3) is 0.333. The molecule has 13 heteroatoms. The molecule has 46 heavy (non-hydrogen) atoms. The third-order valence-electron chi connectivity index (χ3n) is 9.01. The number of benzene rings is 1. The van der Waals surface area contributed by atoms with E-state index in [0.29, 0.717) is 66.3 Å². The summed E-state index contributed by atoms with van der Waals surface area (Å²) >= 11 is 0. The van der Waals surface area contributed by atoms with Crippen LogP contribution < -0.4 is 19.7 Å². The molecular weight excluding hydrogens is 584 g/mol. The lowest BCUT2D eigenvalue weighted by Crippen LogP contribution is -2.56. The van der Waals surface area contributed by atoms with Crippen LogP contribution in [0.1, 0.15) is 18.4 Å². The number of carbonyl (C=O) groups is 1. The Morgan fingerprint density at radius 3 is 2.89 bits per heavy atom. The van der Waals surface area contributed by atoms with Crippen molar-refractivity contribution in [3.8, 4) is 17.2 Å². The van der Waals surface area contributed by atoms with Gasteiger partial charge in [-0.3, -0.25) is 9.69 Å². The van der Waals surface area contributed by atoms with Crippen molar-refractivity contribution in [2.45, 2.75) is 31.8 Å².